The molecule has 0 bridgehead atoms. The van der Waals surface area contributed by atoms with Crippen LogP contribution in [-0.2, 0) is 0 Å². The number of likely N-dealkylation sites (N-methyl/N-ethyl adjacent to an activating group) is 1. The number of rotatable bonds is 4. The SMILES string of the molecule is CC(O)CN(C)c1ccc(C(=O)O)nn1. The third-order valence-electron chi connectivity index (χ3n) is 1.80. The summed E-state index contributed by atoms with van der Waals surface area (Å²) in [6, 6.07) is 2.93. The van der Waals surface area contributed by atoms with Gasteiger partial charge in [-0.2, -0.15) is 0 Å². The second-order valence-electron chi connectivity index (χ2n) is 3.31. The van der Waals surface area contributed by atoms with Gasteiger partial charge in [0.05, 0.1) is 6.10 Å². The summed E-state index contributed by atoms with van der Waals surface area (Å²) >= 11 is 0. The number of carbonyl (C=O) groups is 1. The van der Waals surface area contributed by atoms with Crippen molar-refractivity contribution in [3.05, 3.63) is 17.8 Å². The fourth-order valence-corrected chi connectivity index (χ4v) is 1.13. The molecule has 0 aromatic carbocycles. The molecule has 0 aliphatic heterocycles. The van der Waals surface area contributed by atoms with E-state index in [1.807, 2.05) is 0 Å². The molecule has 0 saturated heterocycles. The molecule has 15 heavy (non-hydrogen) atoms. The van der Waals surface area contributed by atoms with Crippen molar-refractivity contribution >= 4 is 11.8 Å². The first kappa shape index (κ1) is 11.4. The Labute approximate surface area is 87.2 Å². The second kappa shape index (κ2) is 4.70. The van der Waals surface area contributed by atoms with Gasteiger partial charge in [0.15, 0.2) is 11.5 Å². The zero-order valence-electron chi connectivity index (χ0n) is 8.58. The highest BCUT2D eigenvalue weighted by Gasteiger charge is 2.09. The average molecular weight is 211 g/mol. The number of aliphatic hydroxyl groups is 1. The van der Waals surface area contributed by atoms with E-state index in [1.54, 1.807) is 24.9 Å². The number of carboxylic acids is 1. The molecule has 6 nitrogen and oxygen atoms in total. The van der Waals surface area contributed by atoms with Crippen LogP contribution in [0.5, 0.6) is 0 Å². The zero-order valence-corrected chi connectivity index (χ0v) is 8.58. The molecule has 2 N–H and O–H groups in total. The van der Waals surface area contributed by atoms with Crippen LogP contribution in [0.2, 0.25) is 0 Å². The standard InChI is InChI=1S/C9H13N3O3/c1-6(13)5-12(2)8-4-3-7(9(14)15)10-11-8/h3-4,6,13H,5H2,1-2H3,(H,14,15). The smallest absolute Gasteiger partial charge is 0.356 e. The Morgan fingerprint density at radius 3 is 2.60 bits per heavy atom. The van der Waals surface area contributed by atoms with Gasteiger partial charge in [-0.1, -0.05) is 0 Å². The van der Waals surface area contributed by atoms with Crippen molar-refractivity contribution in [2.45, 2.75) is 13.0 Å². The molecule has 1 aromatic rings. The van der Waals surface area contributed by atoms with Gasteiger partial charge in [0.1, 0.15) is 0 Å². The quantitative estimate of drug-likeness (QED) is 0.728. The maximum Gasteiger partial charge on any atom is 0.356 e. The minimum Gasteiger partial charge on any atom is -0.476 e. The third kappa shape index (κ3) is 3.17. The molecule has 0 aliphatic carbocycles. The zero-order chi connectivity index (χ0) is 11.4. The highest BCUT2D eigenvalue weighted by Crippen LogP contribution is 2.07. The van der Waals surface area contributed by atoms with Crippen molar-refractivity contribution in [2.75, 3.05) is 18.5 Å². The van der Waals surface area contributed by atoms with Crippen molar-refractivity contribution in [1.82, 2.24) is 10.2 Å². The van der Waals surface area contributed by atoms with Gasteiger partial charge in [-0.3, -0.25) is 0 Å². The van der Waals surface area contributed by atoms with Crippen LogP contribution < -0.4 is 4.90 Å². The Morgan fingerprint density at radius 1 is 1.53 bits per heavy atom. The Bertz CT molecular complexity index is 337. The number of aromatic carboxylic acids is 1. The van der Waals surface area contributed by atoms with E-state index in [-0.39, 0.29) is 5.69 Å². The van der Waals surface area contributed by atoms with Gasteiger partial charge < -0.3 is 15.1 Å². The van der Waals surface area contributed by atoms with Crippen LogP contribution in [0.4, 0.5) is 5.82 Å². The van der Waals surface area contributed by atoms with E-state index >= 15 is 0 Å². The summed E-state index contributed by atoms with van der Waals surface area (Å²) in [4.78, 5) is 12.2. The van der Waals surface area contributed by atoms with Crippen LogP contribution in [0.25, 0.3) is 0 Å². The molecular formula is C9H13N3O3. The number of aromatic nitrogens is 2. The van der Waals surface area contributed by atoms with Crippen LogP contribution in [0.3, 0.4) is 0 Å². The first-order valence-corrected chi connectivity index (χ1v) is 4.47. The van der Waals surface area contributed by atoms with Gasteiger partial charge >= 0.3 is 5.97 Å². The minimum absolute atomic E-state index is 0.0933. The van der Waals surface area contributed by atoms with Gasteiger partial charge in [0, 0.05) is 13.6 Å². The first-order valence-electron chi connectivity index (χ1n) is 4.47. The van der Waals surface area contributed by atoms with E-state index in [4.69, 9.17) is 10.2 Å². The highest BCUT2D eigenvalue weighted by atomic mass is 16.4. The molecule has 0 aliphatic rings. The predicted octanol–water partition coefficient (Wildman–Crippen LogP) is -0.00820. The van der Waals surface area contributed by atoms with Gasteiger partial charge in [-0.05, 0) is 19.1 Å². The molecule has 0 fully saturated rings. The summed E-state index contributed by atoms with van der Waals surface area (Å²) in [6.07, 6.45) is -0.476. The largest absolute Gasteiger partial charge is 0.476 e. The number of hydrogen-bond acceptors (Lipinski definition) is 5. The van der Waals surface area contributed by atoms with Crippen LogP contribution in [0.1, 0.15) is 17.4 Å². The first-order chi connectivity index (χ1) is 7.00. The molecule has 1 unspecified atom stereocenters. The summed E-state index contributed by atoms with van der Waals surface area (Å²) in [7, 11) is 1.75. The molecular weight excluding hydrogens is 198 g/mol. The average Bonchev–Trinajstić information content (AvgIpc) is 2.17. The van der Waals surface area contributed by atoms with Gasteiger partial charge in [0.25, 0.3) is 0 Å². The lowest BCUT2D eigenvalue weighted by atomic mass is 10.3. The molecule has 0 amide bonds. The highest BCUT2D eigenvalue weighted by molar-refractivity contribution is 5.85. The second-order valence-corrected chi connectivity index (χ2v) is 3.31. The normalized spacial score (nSPS) is 12.2. The fourth-order valence-electron chi connectivity index (χ4n) is 1.13. The van der Waals surface area contributed by atoms with Crippen molar-refractivity contribution < 1.29 is 15.0 Å². The van der Waals surface area contributed by atoms with Crippen LogP contribution in [0, 0.1) is 0 Å². The van der Waals surface area contributed by atoms with Crippen LogP contribution in [0.15, 0.2) is 12.1 Å². The Balaban J connectivity index is 2.75. The van der Waals surface area contributed by atoms with Gasteiger partial charge in [0.2, 0.25) is 0 Å². The van der Waals surface area contributed by atoms with Crippen LogP contribution >= 0.6 is 0 Å². The van der Waals surface area contributed by atoms with E-state index < -0.39 is 12.1 Å². The van der Waals surface area contributed by atoms with Crippen molar-refractivity contribution in [3.8, 4) is 0 Å². The van der Waals surface area contributed by atoms with E-state index in [2.05, 4.69) is 10.2 Å². The molecule has 0 radical (unpaired) electrons. The van der Waals surface area contributed by atoms with E-state index in [0.717, 1.165) is 0 Å². The van der Waals surface area contributed by atoms with E-state index in [0.29, 0.717) is 12.4 Å². The summed E-state index contributed by atoms with van der Waals surface area (Å²) < 4.78 is 0. The number of nitrogens with zero attached hydrogens (tertiary/aromatic N) is 3. The Hall–Kier alpha value is -1.69. The number of anilines is 1. The van der Waals surface area contributed by atoms with Crippen molar-refractivity contribution in [1.29, 1.82) is 0 Å². The van der Waals surface area contributed by atoms with E-state index in [1.165, 1.54) is 6.07 Å². The molecule has 0 spiro atoms. The van der Waals surface area contributed by atoms with Crippen molar-refractivity contribution in [2.24, 2.45) is 0 Å². The van der Waals surface area contributed by atoms with Gasteiger partial charge in [-0.15, -0.1) is 10.2 Å². The summed E-state index contributed by atoms with van der Waals surface area (Å²) in [5.74, 6) is -0.576. The van der Waals surface area contributed by atoms with Gasteiger partial charge in [-0.25, -0.2) is 4.79 Å². The predicted molar refractivity (Wildman–Crippen MR) is 53.9 cm³/mol. The topological polar surface area (TPSA) is 86.5 Å². The Morgan fingerprint density at radius 2 is 2.20 bits per heavy atom. The fraction of sp³-hybridized carbons (Fsp3) is 0.444. The summed E-state index contributed by atoms with van der Waals surface area (Å²) in [6.45, 7) is 2.08. The summed E-state index contributed by atoms with van der Waals surface area (Å²) in [5, 5.41) is 25.0. The monoisotopic (exact) mass is 211 g/mol. The molecule has 1 heterocycles. The molecule has 82 valence electrons. The van der Waals surface area contributed by atoms with Crippen LogP contribution in [-0.4, -0.2) is 46.1 Å². The number of carboxylic acid groups (broad SMARTS) is 1. The van der Waals surface area contributed by atoms with E-state index in [9.17, 15) is 4.79 Å². The number of hydrogen-bond donors (Lipinski definition) is 2. The Kier molecular flexibility index (Phi) is 3.56. The lowest BCUT2D eigenvalue weighted by molar-refractivity contribution is 0.0689. The molecule has 0 saturated carbocycles. The lowest BCUT2D eigenvalue weighted by Crippen LogP contribution is -2.27. The molecule has 1 atom stereocenters. The lowest BCUT2D eigenvalue weighted by Gasteiger charge is -2.18. The minimum atomic E-state index is -1.10. The number of aliphatic hydroxyl groups excluding tert-OH is 1. The molecule has 1 rings (SSSR count). The maximum absolute atomic E-state index is 10.5. The molecule has 1 aromatic heterocycles. The maximum atomic E-state index is 10.5. The summed E-state index contributed by atoms with van der Waals surface area (Å²) in [5.41, 5.74) is -0.0933. The molecule has 6 heteroatoms. The third-order valence-corrected chi connectivity index (χ3v) is 1.80. The van der Waals surface area contributed by atoms with Crippen molar-refractivity contribution in [3.63, 3.8) is 0 Å².